The molecular weight excluding hydrogens is 282 g/mol. The minimum Gasteiger partial charge on any atom is -0.309 e. The van der Waals surface area contributed by atoms with Crippen molar-refractivity contribution in [3.63, 3.8) is 0 Å². The van der Waals surface area contributed by atoms with Crippen LogP contribution in [0.1, 0.15) is 37.3 Å². The molecule has 19 heavy (non-hydrogen) atoms. The van der Waals surface area contributed by atoms with E-state index < -0.39 is 9.84 Å². The maximum atomic E-state index is 11.3. The van der Waals surface area contributed by atoms with E-state index in [9.17, 15) is 8.42 Å². The van der Waals surface area contributed by atoms with Crippen LogP contribution in [0, 0.1) is 0 Å². The van der Waals surface area contributed by atoms with Gasteiger partial charge in [0.05, 0.1) is 11.5 Å². The molecule has 1 unspecified atom stereocenters. The van der Waals surface area contributed by atoms with Gasteiger partial charge in [-0.3, -0.25) is 0 Å². The van der Waals surface area contributed by atoms with Gasteiger partial charge < -0.3 is 5.32 Å². The summed E-state index contributed by atoms with van der Waals surface area (Å²) in [6.45, 7) is 5.10. The molecule has 5 heteroatoms. The van der Waals surface area contributed by atoms with Crippen LogP contribution >= 0.6 is 12.4 Å². The zero-order chi connectivity index (χ0) is 13.2. The summed E-state index contributed by atoms with van der Waals surface area (Å²) >= 11 is 0. The summed E-state index contributed by atoms with van der Waals surface area (Å²) < 4.78 is 22.7. The minimum atomic E-state index is -2.78. The van der Waals surface area contributed by atoms with Gasteiger partial charge in [0.15, 0.2) is 9.84 Å². The molecule has 0 amide bonds. The number of halogens is 1. The third-order valence-electron chi connectivity index (χ3n) is 3.47. The van der Waals surface area contributed by atoms with Crippen molar-refractivity contribution >= 4 is 22.2 Å². The van der Waals surface area contributed by atoms with Crippen molar-refractivity contribution in [2.24, 2.45) is 0 Å². The lowest BCUT2D eigenvalue weighted by Gasteiger charge is -2.11. The molecule has 1 heterocycles. The first-order valence-electron chi connectivity index (χ1n) is 6.49. The highest BCUT2D eigenvalue weighted by Crippen LogP contribution is 2.15. The summed E-state index contributed by atoms with van der Waals surface area (Å²) in [4.78, 5) is 0. The van der Waals surface area contributed by atoms with Gasteiger partial charge in [-0.15, -0.1) is 12.4 Å². The lowest BCUT2D eigenvalue weighted by Crippen LogP contribution is -2.29. The molecule has 1 atom stereocenters. The van der Waals surface area contributed by atoms with Crippen molar-refractivity contribution < 1.29 is 8.42 Å². The highest BCUT2D eigenvalue weighted by molar-refractivity contribution is 7.91. The Bertz CT molecular complexity index is 497. The average Bonchev–Trinajstić information content (AvgIpc) is 2.67. The fourth-order valence-electron chi connectivity index (χ4n) is 2.24. The maximum absolute atomic E-state index is 11.3. The number of sulfone groups is 1. The Morgan fingerprint density at radius 2 is 1.89 bits per heavy atom. The van der Waals surface area contributed by atoms with E-state index in [1.54, 1.807) is 0 Å². The number of nitrogens with one attached hydrogen (secondary N) is 1. The summed E-state index contributed by atoms with van der Waals surface area (Å²) in [5, 5.41) is 3.32. The van der Waals surface area contributed by atoms with Crippen LogP contribution in [0.3, 0.4) is 0 Å². The van der Waals surface area contributed by atoms with Gasteiger partial charge in [-0.05, 0) is 23.5 Å². The van der Waals surface area contributed by atoms with Gasteiger partial charge in [-0.2, -0.15) is 0 Å². The van der Waals surface area contributed by atoms with Gasteiger partial charge in [0, 0.05) is 12.6 Å². The van der Waals surface area contributed by atoms with E-state index in [0.717, 1.165) is 13.0 Å². The van der Waals surface area contributed by atoms with E-state index in [1.165, 1.54) is 11.1 Å². The second kappa shape index (κ2) is 6.73. The highest BCUT2D eigenvalue weighted by atomic mass is 35.5. The fraction of sp³-hybridized carbons (Fsp3) is 0.571. The predicted octanol–water partition coefficient (Wildman–Crippen LogP) is 2.51. The van der Waals surface area contributed by atoms with Crippen LogP contribution in [-0.4, -0.2) is 26.0 Å². The third-order valence-corrected chi connectivity index (χ3v) is 5.24. The second-order valence-electron chi connectivity index (χ2n) is 5.38. The molecule has 1 aromatic rings. The third kappa shape index (κ3) is 4.79. The van der Waals surface area contributed by atoms with Gasteiger partial charge in [0.2, 0.25) is 0 Å². The number of benzene rings is 1. The molecule has 1 aromatic carbocycles. The van der Waals surface area contributed by atoms with Gasteiger partial charge in [-0.1, -0.05) is 38.1 Å². The van der Waals surface area contributed by atoms with Crippen molar-refractivity contribution in [3.05, 3.63) is 35.4 Å². The Labute approximate surface area is 122 Å². The maximum Gasteiger partial charge on any atom is 0.151 e. The summed E-state index contributed by atoms with van der Waals surface area (Å²) in [5.74, 6) is 1.17. The molecule has 0 bridgehead atoms. The molecule has 1 saturated heterocycles. The fourth-order valence-corrected chi connectivity index (χ4v) is 3.95. The smallest absolute Gasteiger partial charge is 0.151 e. The molecule has 108 valence electrons. The van der Waals surface area contributed by atoms with E-state index in [2.05, 4.69) is 43.4 Å². The van der Waals surface area contributed by atoms with Crippen molar-refractivity contribution in [1.29, 1.82) is 0 Å². The predicted molar refractivity (Wildman–Crippen MR) is 81.7 cm³/mol. The van der Waals surface area contributed by atoms with E-state index in [-0.39, 0.29) is 24.2 Å². The number of hydrogen-bond donors (Lipinski definition) is 1. The second-order valence-corrected chi connectivity index (χ2v) is 7.61. The molecule has 1 fully saturated rings. The monoisotopic (exact) mass is 303 g/mol. The van der Waals surface area contributed by atoms with Crippen LogP contribution < -0.4 is 5.32 Å². The quantitative estimate of drug-likeness (QED) is 0.929. The largest absolute Gasteiger partial charge is 0.309 e. The van der Waals surface area contributed by atoms with Crippen LogP contribution in [-0.2, 0) is 16.4 Å². The molecule has 0 saturated carbocycles. The normalized spacial score (nSPS) is 21.3. The topological polar surface area (TPSA) is 46.2 Å². The van der Waals surface area contributed by atoms with Crippen molar-refractivity contribution in [2.75, 3.05) is 11.5 Å². The standard InChI is InChI=1S/C14H21NO2S.ClH/c1-11(2)13-5-3-12(4-6-13)9-15-14-7-8-18(16,17)10-14;/h3-6,11,14-15H,7-10H2,1-2H3;1H. The van der Waals surface area contributed by atoms with Crippen LogP contribution in [0.2, 0.25) is 0 Å². The summed E-state index contributed by atoms with van der Waals surface area (Å²) in [6.07, 6.45) is 0.742. The summed E-state index contributed by atoms with van der Waals surface area (Å²) in [6, 6.07) is 8.65. The Hall–Kier alpha value is -0.580. The van der Waals surface area contributed by atoms with E-state index >= 15 is 0 Å². The van der Waals surface area contributed by atoms with Gasteiger partial charge in [0.25, 0.3) is 0 Å². The lowest BCUT2D eigenvalue weighted by molar-refractivity contribution is 0.554. The first-order valence-corrected chi connectivity index (χ1v) is 8.31. The minimum absolute atomic E-state index is 0. The zero-order valence-corrected chi connectivity index (χ0v) is 13.1. The summed E-state index contributed by atoms with van der Waals surface area (Å²) in [5.41, 5.74) is 2.55. The summed E-state index contributed by atoms with van der Waals surface area (Å²) in [7, 11) is -2.78. The van der Waals surface area contributed by atoms with Crippen LogP contribution in [0.4, 0.5) is 0 Å². The Kier molecular flexibility index (Phi) is 5.83. The van der Waals surface area contributed by atoms with Gasteiger partial charge >= 0.3 is 0 Å². The Balaban J connectivity index is 0.00000180. The van der Waals surface area contributed by atoms with E-state index in [4.69, 9.17) is 0 Å². The average molecular weight is 304 g/mol. The molecule has 1 aliphatic heterocycles. The van der Waals surface area contributed by atoms with Gasteiger partial charge in [0.1, 0.15) is 0 Å². The molecular formula is C14H22ClNO2S. The zero-order valence-electron chi connectivity index (χ0n) is 11.4. The van der Waals surface area contributed by atoms with Crippen molar-refractivity contribution in [2.45, 2.75) is 38.8 Å². The van der Waals surface area contributed by atoms with Crippen LogP contribution in [0.5, 0.6) is 0 Å². The first kappa shape index (κ1) is 16.5. The first-order chi connectivity index (χ1) is 8.46. The molecule has 1 N–H and O–H groups in total. The Morgan fingerprint density at radius 1 is 1.26 bits per heavy atom. The van der Waals surface area contributed by atoms with E-state index in [0.29, 0.717) is 11.7 Å². The highest BCUT2D eigenvalue weighted by Gasteiger charge is 2.27. The molecule has 2 rings (SSSR count). The SMILES string of the molecule is CC(C)c1ccc(CNC2CCS(=O)(=O)C2)cc1.Cl. The number of rotatable bonds is 4. The Morgan fingerprint density at radius 3 is 2.37 bits per heavy atom. The number of hydrogen-bond acceptors (Lipinski definition) is 3. The van der Waals surface area contributed by atoms with Crippen LogP contribution in [0.25, 0.3) is 0 Å². The molecule has 0 aromatic heterocycles. The lowest BCUT2D eigenvalue weighted by atomic mass is 10.0. The van der Waals surface area contributed by atoms with Gasteiger partial charge in [-0.25, -0.2) is 8.42 Å². The van der Waals surface area contributed by atoms with Crippen molar-refractivity contribution in [1.82, 2.24) is 5.32 Å². The van der Waals surface area contributed by atoms with E-state index in [1.807, 2.05) is 0 Å². The molecule has 3 nitrogen and oxygen atoms in total. The van der Waals surface area contributed by atoms with Crippen LogP contribution in [0.15, 0.2) is 24.3 Å². The molecule has 0 aliphatic carbocycles. The molecule has 0 spiro atoms. The van der Waals surface area contributed by atoms with Crippen molar-refractivity contribution in [3.8, 4) is 0 Å². The molecule has 0 radical (unpaired) electrons. The molecule has 1 aliphatic rings.